The number of nitro benzene ring substituents is 1. The Morgan fingerprint density at radius 1 is 1.32 bits per heavy atom. The van der Waals surface area contributed by atoms with Crippen molar-refractivity contribution in [3.8, 4) is 0 Å². The minimum Gasteiger partial charge on any atom is -0.315 e. The molecule has 22 heavy (non-hydrogen) atoms. The van der Waals surface area contributed by atoms with Crippen molar-refractivity contribution < 1.29 is 14.2 Å². The standard InChI is InChI=1S/C14H17ClN4O3/c15-11-1-2-13(18(21)22)12(9-11)16-14(20)10-19-6-3-17(4-7-19)5-8-19/h1-2,9H,3-8,10H2/p+1. The molecule has 3 aliphatic rings. The summed E-state index contributed by atoms with van der Waals surface area (Å²) in [7, 11) is 0. The third kappa shape index (κ3) is 3.06. The van der Waals surface area contributed by atoms with E-state index < -0.39 is 4.92 Å². The summed E-state index contributed by atoms with van der Waals surface area (Å²) in [5.41, 5.74) is 0.0255. The number of nitrogens with zero attached hydrogens (tertiary/aromatic N) is 3. The molecule has 1 N–H and O–H groups in total. The molecule has 0 saturated carbocycles. The number of amides is 1. The van der Waals surface area contributed by atoms with E-state index in [9.17, 15) is 14.9 Å². The molecular weight excluding hydrogens is 308 g/mol. The van der Waals surface area contributed by atoms with Gasteiger partial charge in [0, 0.05) is 30.7 Å². The van der Waals surface area contributed by atoms with Crippen molar-refractivity contribution in [3.05, 3.63) is 33.3 Å². The van der Waals surface area contributed by atoms with Crippen molar-refractivity contribution >= 4 is 28.9 Å². The molecule has 0 aliphatic carbocycles. The molecule has 3 saturated heterocycles. The van der Waals surface area contributed by atoms with Crippen molar-refractivity contribution in [1.82, 2.24) is 4.90 Å². The van der Waals surface area contributed by atoms with E-state index in [1.54, 1.807) is 0 Å². The van der Waals surface area contributed by atoms with E-state index in [2.05, 4.69) is 10.2 Å². The fourth-order valence-electron chi connectivity index (χ4n) is 3.23. The lowest BCUT2D eigenvalue weighted by molar-refractivity contribution is -0.933. The number of fused-ring (bicyclic) bond motifs is 3. The van der Waals surface area contributed by atoms with Crippen molar-refractivity contribution in [2.24, 2.45) is 0 Å². The Morgan fingerprint density at radius 3 is 2.55 bits per heavy atom. The molecule has 3 heterocycles. The smallest absolute Gasteiger partial charge is 0.292 e. The van der Waals surface area contributed by atoms with E-state index in [-0.39, 0.29) is 17.3 Å². The highest BCUT2D eigenvalue weighted by atomic mass is 35.5. The van der Waals surface area contributed by atoms with Gasteiger partial charge < -0.3 is 9.80 Å². The number of nitro groups is 1. The monoisotopic (exact) mass is 325 g/mol. The zero-order valence-corrected chi connectivity index (χ0v) is 12.9. The summed E-state index contributed by atoms with van der Waals surface area (Å²) in [4.78, 5) is 25.3. The molecule has 0 aromatic heterocycles. The molecule has 1 aromatic carbocycles. The first kappa shape index (κ1) is 15.2. The van der Waals surface area contributed by atoms with Crippen LogP contribution in [0, 0.1) is 10.1 Å². The average Bonchev–Trinajstić information content (AvgIpc) is 2.48. The topological polar surface area (TPSA) is 75.5 Å². The molecule has 8 heteroatoms. The molecule has 0 atom stereocenters. The van der Waals surface area contributed by atoms with Crippen LogP contribution in [0.3, 0.4) is 0 Å². The fourth-order valence-corrected chi connectivity index (χ4v) is 3.40. The van der Waals surface area contributed by atoms with Crippen LogP contribution < -0.4 is 5.32 Å². The molecule has 7 nitrogen and oxygen atoms in total. The number of hydrogen-bond donors (Lipinski definition) is 1. The quantitative estimate of drug-likeness (QED) is 0.515. The van der Waals surface area contributed by atoms with Crippen molar-refractivity contribution in [2.75, 3.05) is 51.1 Å². The summed E-state index contributed by atoms with van der Waals surface area (Å²) in [6, 6.07) is 4.18. The van der Waals surface area contributed by atoms with Gasteiger partial charge in [0.15, 0.2) is 6.54 Å². The Bertz CT molecular complexity index is 600. The van der Waals surface area contributed by atoms with Crippen LogP contribution in [-0.4, -0.2) is 66.0 Å². The Kier molecular flexibility index (Phi) is 4.03. The number of quaternary nitrogens is 1. The molecule has 0 radical (unpaired) electrons. The van der Waals surface area contributed by atoms with E-state index in [0.717, 1.165) is 43.8 Å². The van der Waals surface area contributed by atoms with Gasteiger partial charge in [-0.05, 0) is 12.1 Å². The zero-order valence-electron chi connectivity index (χ0n) is 12.1. The number of carbonyl (C=O) groups is 1. The second-order valence-electron chi connectivity index (χ2n) is 5.98. The highest BCUT2D eigenvalue weighted by Gasteiger charge is 2.40. The van der Waals surface area contributed by atoms with E-state index in [1.807, 2.05) is 0 Å². The van der Waals surface area contributed by atoms with Gasteiger partial charge in [0.25, 0.3) is 11.6 Å². The fraction of sp³-hybridized carbons (Fsp3) is 0.500. The molecular formula is C14H18ClN4O3+. The van der Waals surface area contributed by atoms with Gasteiger partial charge in [0.05, 0.1) is 24.6 Å². The second-order valence-corrected chi connectivity index (χ2v) is 6.42. The number of nitrogens with one attached hydrogen (secondary N) is 1. The predicted molar refractivity (Wildman–Crippen MR) is 82.9 cm³/mol. The van der Waals surface area contributed by atoms with E-state index in [1.165, 1.54) is 18.2 Å². The number of piperazine rings is 3. The van der Waals surface area contributed by atoms with Crippen molar-refractivity contribution in [3.63, 3.8) is 0 Å². The summed E-state index contributed by atoms with van der Waals surface area (Å²) in [6.45, 7) is 6.30. The minimum absolute atomic E-state index is 0.138. The Labute approximate surface area is 133 Å². The van der Waals surface area contributed by atoms with Gasteiger partial charge in [-0.25, -0.2) is 0 Å². The van der Waals surface area contributed by atoms with Gasteiger partial charge in [0.2, 0.25) is 0 Å². The van der Waals surface area contributed by atoms with Gasteiger partial charge in [-0.1, -0.05) is 11.6 Å². The third-order valence-corrected chi connectivity index (χ3v) is 4.82. The van der Waals surface area contributed by atoms with Crippen LogP contribution in [-0.2, 0) is 4.79 Å². The normalized spacial score (nSPS) is 26.7. The maximum atomic E-state index is 12.3. The second kappa shape index (κ2) is 5.83. The molecule has 118 valence electrons. The number of halogens is 1. The maximum absolute atomic E-state index is 12.3. The molecule has 1 amide bonds. The first-order valence-corrected chi connectivity index (χ1v) is 7.67. The van der Waals surface area contributed by atoms with Gasteiger partial charge in [0.1, 0.15) is 5.69 Å². The Hall–Kier alpha value is -1.70. The van der Waals surface area contributed by atoms with Crippen LogP contribution in [0.5, 0.6) is 0 Å². The van der Waals surface area contributed by atoms with E-state index >= 15 is 0 Å². The van der Waals surface area contributed by atoms with Crippen LogP contribution >= 0.6 is 11.6 Å². The number of benzene rings is 1. The molecule has 0 unspecified atom stereocenters. The first-order valence-electron chi connectivity index (χ1n) is 7.29. The maximum Gasteiger partial charge on any atom is 0.292 e. The Morgan fingerprint density at radius 2 is 1.95 bits per heavy atom. The number of hydrogen-bond acceptors (Lipinski definition) is 4. The highest BCUT2D eigenvalue weighted by Crippen LogP contribution is 2.28. The van der Waals surface area contributed by atoms with Crippen LogP contribution in [0.15, 0.2) is 18.2 Å². The highest BCUT2D eigenvalue weighted by molar-refractivity contribution is 6.31. The average molecular weight is 326 g/mol. The molecule has 3 fully saturated rings. The summed E-state index contributed by atoms with van der Waals surface area (Å²) in [5.74, 6) is -0.194. The summed E-state index contributed by atoms with van der Waals surface area (Å²) in [6.07, 6.45) is 0. The van der Waals surface area contributed by atoms with Crippen LogP contribution in [0.1, 0.15) is 0 Å². The van der Waals surface area contributed by atoms with Crippen LogP contribution in [0.4, 0.5) is 11.4 Å². The van der Waals surface area contributed by atoms with Crippen LogP contribution in [0.25, 0.3) is 0 Å². The number of anilines is 1. The summed E-state index contributed by atoms with van der Waals surface area (Å²) in [5, 5.41) is 14.1. The van der Waals surface area contributed by atoms with Crippen molar-refractivity contribution in [1.29, 1.82) is 0 Å². The molecule has 1 aromatic rings. The zero-order chi connectivity index (χ0) is 15.7. The largest absolute Gasteiger partial charge is 0.315 e. The summed E-state index contributed by atoms with van der Waals surface area (Å²) < 4.78 is 0.775. The molecule has 0 spiro atoms. The number of carbonyl (C=O) groups excluding carboxylic acids is 1. The minimum atomic E-state index is -0.516. The van der Waals surface area contributed by atoms with Gasteiger partial charge in [-0.3, -0.25) is 19.8 Å². The van der Waals surface area contributed by atoms with Gasteiger partial charge >= 0.3 is 0 Å². The summed E-state index contributed by atoms with van der Waals surface area (Å²) >= 11 is 5.87. The van der Waals surface area contributed by atoms with E-state index in [0.29, 0.717) is 11.6 Å². The predicted octanol–water partition coefficient (Wildman–Crippen LogP) is 1.33. The molecule has 4 rings (SSSR count). The Balaban J connectivity index is 1.72. The van der Waals surface area contributed by atoms with E-state index in [4.69, 9.17) is 11.6 Å². The first-order chi connectivity index (χ1) is 10.5. The van der Waals surface area contributed by atoms with Crippen molar-refractivity contribution in [2.45, 2.75) is 0 Å². The third-order valence-electron chi connectivity index (χ3n) is 4.58. The number of rotatable bonds is 4. The molecule has 2 bridgehead atoms. The lowest BCUT2D eigenvalue weighted by Gasteiger charge is -2.50. The van der Waals surface area contributed by atoms with Gasteiger partial charge in [-0.2, -0.15) is 0 Å². The van der Waals surface area contributed by atoms with Crippen LogP contribution in [0.2, 0.25) is 5.02 Å². The lowest BCUT2D eigenvalue weighted by atomic mass is 10.1. The lowest BCUT2D eigenvalue weighted by Crippen LogP contribution is -2.68. The van der Waals surface area contributed by atoms with Gasteiger partial charge in [-0.15, -0.1) is 0 Å². The SMILES string of the molecule is O=C(C[N+]12CCN(CC1)CC2)Nc1cc(Cl)ccc1[N+](=O)[O-]. The molecule has 3 aliphatic heterocycles.